The summed E-state index contributed by atoms with van der Waals surface area (Å²) in [6, 6.07) is 1.17. The fourth-order valence-corrected chi connectivity index (χ4v) is 6.89. The highest BCUT2D eigenvalue weighted by Gasteiger charge is 2.48. The maximum absolute atomic E-state index is 13.9. The number of nitrogens with two attached hydrogens (primary N) is 1. The van der Waals surface area contributed by atoms with Crippen LogP contribution in [-0.2, 0) is 26.6 Å². The van der Waals surface area contributed by atoms with Crippen molar-refractivity contribution in [3.8, 4) is 0 Å². The van der Waals surface area contributed by atoms with Gasteiger partial charge in [0.25, 0.3) is 0 Å². The average molecular weight is 564 g/mol. The van der Waals surface area contributed by atoms with E-state index in [0.29, 0.717) is 12.6 Å². The van der Waals surface area contributed by atoms with E-state index in [9.17, 15) is 43.2 Å². The number of allylic oxidation sites excluding steroid dienone is 4. The van der Waals surface area contributed by atoms with Crippen molar-refractivity contribution in [2.45, 2.75) is 69.2 Å². The fraction of sp³-hybridized carbons (Fsp3) is 0.619. The molecule has 1 heterocycles. The largest absolute Gasteiger partial charge is 0.402 e. The lowest BCUT2D eigenvalue weighted by Crippen LogP contribution is -2.39. The van der Waals surface area contributed by atoms with Gasteiger partial charge in [-0.25, -0.2) is 26.7 Å². The molecule has 0 saturated heterocycles. The number of hydrogen-bond donors (Lipinski definition) is 2. The van der Waals surface area contributed by atoms with Crippen molar-refractivity contribution < 1.29 is 43.2 Å². The van der Waals surface area contributed by atoms with Crippen LogP contribution in [0.2, 0.25) is 0 Å². The van der Waals surface area contributed by atoms with Gasteiger partial charge in [-0.3, -0.25) is 0 Å². The minimum atomic E-state index is -5.11. The standard InChI is InChI=1S/C21H27F6N3O4S2/c1-13-19(35(28,31)32)10-17(30(13)11-14-5-3-2-4-6-14)15-7-8-18(16(9-15)21(25,26)27)36(33,34)29-12-20(22,23)24/h7-8,10,14,16,29H,2-6,9,11-12H2,1H3,(H2,28,31,32). The van der Waals surface area contributed by atoms with E-state index >= 15 is 0 Å². The Hall–Kier alpha value is -1.84. The van der Waals surface area contributed by atoms with Crippen molar-refractivity contribution in [1.82, 2.24) is 9.29 Å². The van der Waals surface area contributed by atoms with Gasteiger partial charge >= 0.3 is 12.4 Å². The molecule has 0 radical (unpaired) electrons. The third-order valence-corrected chi connectivity index (χ3v) is 9.10. The van der Waals surface area contributed by atoms with Crippen molar-refractivity contribution in [2.75, 3.05) is 6.54 Å². The van der Waals surface area contributed by atoms with Crippen molar-refractivity contribution >= 4 is 25.6 Å². The van der Waals surface area contributed by atoms with Gasteiger partial charge in [0.15, 0.2) is 0 Å². The minimum absolute atomic E-state index is 0.000839. The van der Waals surface area contributed by atoms with Gasteiger partial charge in [0.05, 0.1) is 10.8 Å². The Balaban J connectivity index is 2.08. The quantitative estimate of drug-likeness (QED) is 0.481. The molecule has 0 amide bonds. The van der Waals surface area contributed by atoms with Crippen molar-refractivity contribution in [2.24, 2.45) is 17.0 Å². The van der Waals surface area contributed by atoms with Crippen molar-refractivity contribution in [1.29, 1.82) is 0 Å². The monoisotopic (exact) mass is 563 g/mol. The second-order valence-corrected chi connectivity index (χ2v) is 12.4. The smallest absolute Gasteiger partial charge is 0.343 e. The number of primary sulfonamides is 1. The molecule has 1 saturated carbocycles. The number of aromatic nitrogens is 1. The van der Waals surface area contributed by atoms with Crippen LogP contribution in [-0.4, -0.2) is 40.3 Å². The summed E-state index contributed by atoms with van der Waals surface area (Å²) in [5.41, 5.74) is 0.393. The predicted molar refractivity (Wildman–Crippen MR) is 120 cm³/mol. The van der Waals surface area contributed by atoms with Crippen LogP contribution in [0.3, 0.4) is 0 Å². The van der Waals surface area contributed by atoms with Crippen LogP contribution in [0.5, 0.6) is 0 Å². The summed E-state index contributed by atoms with van der Waals surface area (Å²) in [5.74, 6) is -2.46. The first-order valence-corrected chi connectivity index (χ1v) is 14.2. The van der Waals surface area contributed by atoms with E-state index in [-0.39, 0.29) is 27.8 Å². The van der Waals surface area contributed by atoms with Crippen molar-refractivity contribution in [3.63, 3.8) is 0 Å². The van der Waals surface area contributed by atoms with Gasteiger partial charge < -0.3 is 4.57 Å². The molecule has 2 aliphatic carbocycles. The number of hydrogen-bond acceptors (Lipinski definition) is 4. The van der Waals surface area contributed by atoms with Gasteiger partial charge in [0.1, 0.15) is 11.4 Å². The van der Waals surface area contributed by atoms with E-state index in [0.717, 1.165) is 38.2 Å². The first-order valence-electron chi connectivity index (χ1n) is 11.2. The van der Waals surface area contributed by atoms with E-state index in [4.69, 9.17) is 5.14 Å². The summed E-state index contributed by atoms with van der Waals surface area (Å²) < 4.78 is 131. The molecular formula is C21H27F6N3O4S2. The van der Waals surface area contributed by atoms with Crippen molar-refractivity contribution in [3.05, 3.63) is 34.5 Å². The van der Waals surface area contributed by atoms with Gasteiger partial charge in [-0.1, -0.05) is 25.3 Å². The number of alkyl halides is 6. The second-order valence-electron chi connectivity index (χ2n) is 9.14. The number of sulfonamides is 2. The molecule has 15 heteroatoms. The second kappa shape index (κ2) is 10.1. The zero-order valence-electron chi connectivity index (χ0n) is 19.3. The van der Waals surface area contributed by atoms with Gasteiger partial charge in [-0.15, -0.1) is 0 Å². The third-order valence-electron chi connectivity index (χ3n) is 6.51. The Bertz CT molecular complexity index is 1260. The van der Waals surface area contributed by atoms with Crippen LogP contribution >= 0.6 is 0 Å². The maximum atomic E-state index is 13.9. The van der Waals surface area contributed by atoms with Gasteiger partial charge in [-0.2, -0.15) is 26.3 Å². The summed E-state index contributed by atoms with van der Waals surface area (Å²) in [4.78, 5) is -1.50. The molecule has 2 aliphatic rings. The third kappa shape index (κ3) is 6.72. The molecule has 36 heavy (non-hydrogen) atoms. The number of nitrogens with one attached hydrogen (secondary N) is 1. The maximum Gasteiger partial charge on any atom is 0.402 e. The van der Waals surface area contributed by atoms with E-state index in [1.165, 1.54) is 17.7 Å². The fourth-order valence-electron chi connectivity index (χ4n) is 4.73. The summed E-state index contributed by atoms with van der Waals surface area (Å²) in [6.45, 7) is -0.189. The van der Waals surface area contributed by atoms with Crippen LogP contribution in [0.1, 0.15) is 49.9 Å². The Labute approximate surface area is 205 Å². The van der Waals surface area contributed by atoms with Gasteiger partial charge in [-0.05, 0) is 49.8 Å². The Kier molecular flexibility index (Phi) is 8.09. The Morgan fingerprint density at radius 3 is 2.17 bits per heavy atom. The molecule has 1 unspecified atom stereocenters. The van der Waals surface area contributed by atoms with E-state index in [2.05, 4.69) is 0 Å². The summed E-state index contributed by atoms with van der Waals surface area (Å²) in [6.07, 6.45) is -4.55. The topological polar surface area (TPSA) is 111 Å². The summed E-state index contributed by atoms with van der Waals surface area (Å²) in [7, 11) is -9.32. The van der Waals surface area contributed by atoms with Crippen LogP contribution in [0.15, 0.2) is 28.0 Å². The molecule has 3 rings (SSSR count). The molecule has 204 valence electrons. The van der Waals surface area contributed by atoms with E-state index in [1.807, 2.05) is 0 Å². The molecule has 1 aromatic rings. The summed E-state index contributed by atoms with van der Waals surface area (Å²) in [5, 5.41) is 5.31. The number of rotatable bonds is 7. The normalized spacial score (nSPS) is 20.8. The first-order chi connectivity index (χ1) is 16.4. The molecular weight excluding hydrogens is 536 g/mol. The lowest BCUT2D eigenvalue weighted by molar-refractivity contribution is -0.161. The zero-order chi connectivity index (χ0) is 27.1. The number of nitrogens with zero attached hydrogens (tertiary/aromatic N) is 1. The molecule has 1 atom stereocenters. The minimum Gasteiger partial charge on any atom is -0.343 e. The van der Waals surface area contributed by atoms with E-state index < -0.39 is 56.2 Å². The number of halogens is 6. The lowest BCUT2D eigenvalue weighted by Gasteiger charge is -2.29. The predicted octanol–water partition coefficient (Wildman–Crippen LogP) is 4.36. The Morgan fingerprint density at radius 2 is 1.64 bits per heavy atom. The van der Waals surface area contributed by atoms with Crippen LogP contribution in [0, 0.1) is 18.8 Å². The zero-order valence-corrected chi connectivity index (χ0v) is 20.9. The van der Waals surface area contributed by atoms with Crippen LogP contribution in [0.4, 0.5) is 26.3 Å². The highest BCUT2D eigenvalue weighted by atomic mass is 32.2. The highest BCUT2D eigenvalue weighted by molar-refractivity contribution is 7.93. The average Bonchev–Trinajstić information content (AvgIpc) is 3.08. The van der Waals surface area contributed by atoms with Crippen LogP contribution in [0.25, 0.3) is 5.57 Å². The Morgan fingerprint density at radius 1 is 1.03 bits per heavy atom. The molecule has 3 N–H and O–H groups in total. The van der Waals surface area contributed by atoms with Gasteiger partial charge in [0, 0.05) is 17.9 Å². The van der Waals surface area contributed by atoms with Gasteiger partial charge in [0.2, 0.25) is 20.0 Å². The molecule has 0 aromatic carbocycles. The SMILES string of the molecule is Cc1c(S(N)(=O)=O)cc(C2=CC=C(S(=O)(=O)NCC(F)(F)F)C(C(F)(F)F)C2)n1CC1CCCCC1. The molecule has 0 spiro atoms. The highest BCUT2D eigenvalue weighted by Crippen LogP contribution is 2.44. The first kappa shape index (κ1) is 28.7. The molecule has 0 aliphatic heterocycles. The molecule has 7 nitrogen and oxygen atoms in total. The molecule has 0 bridgehead atoms. The molecule has 1 aromatic heterocycles. The van der Waals surface area contributed by atoms with E-state index in [1.54, 1.807) is 4.57 Å². The lowest BCUT2D eigenvalue weighted by atomic mass is 9.88. The molecule has 1 fully saturated rings. The van der Waals surface area contributed by atoms with Crippen LogP contribution < -0.4 is 9.86 Å². The summed E-state index contributed by atoms with van der Waals surface area (Å²) >= 11 is 0.